The van der Waals surface area contributed by atoms with E-state index in [-0.39, 0.29) is 10.7 Å². The van der Waals surface area contributed by atoms with Gasteiger partial charge >= 0.3 is 0 Å². The zero-order valence-electron chi connectivity index (χ0n) is 9.44. The van der Waals surface area contributed by atoms with Gasteiger partial charge in [0.2, 0.25) is 0 Å². The summed E-state index contributed by atoms with van der Waals surface area (Å²) in [5.74, 6) is 0. The van der Waals surface area contributed by atoms with Gasteiger partial charge < -0.3 is 4.90 Å². The fourth-order valence-corrected chi connectivity index (χ4v) is 0.825. The van der Waals surface area contributed by atoms with E-state index in [1.54, 1.807) is 0 Å². The summed E-state index contributed by atoms with van der Waals surface area (Å²) in [5.41, 5.74) is 0.206. The molecule has 2 heteroatoms. The van der Waals surface area contributed by atoms with E-state index in [1.165, 1.54) is 0 Å². The first-order chi connectivity index (χ1) is 5.17. The Morgan fingerprint density at radius 1 is 1.08 bits per heavy atom. The third-order valence-electron chi connectivity index (χ3n) is 2.93. The third kappa shape index (κ3) is 3.62. The highest BCUT2D eigenvalue weighted by Gasteiger charge is 2.31. The van der Waals surface area contributed by atoms with Crippen LogP contribution in [0.4, 0.5) is 0 Å². The van der Waals surface area contributed by atoms with Gasteiger partial charge in [0.15, 0.2) is 0 Å². The molecule has 0 bridgehead atoms. The Hall–Kier alpha value is 0.0249. The van der Waals surface area contributed by atoms with E-state index in [2.05, 4.69) is 46.7 Å². The van der Waals surface area contributed by atoms with E-state index in [0.29, 0.717) is 0 Å². The molecule has 0 amide bonds. The van der Waals surface area contributed by atoms with E-state index in [4.69, 9.17) is 7.85 Å². The first-order valence-electron chi connectivity index (χ1n) is 4.60. The van der Waals surface area contributed by atoms with Crippen molar-refractivity contribution >= 4 is 7.85 Å². The average Bonchev–Trinajstić information content (AvgIpc) is 1.81. The maximum Gasteiger partial charge on any atom is 0.0746 e. The molecule has 0 aliphatic heterocycles. The van der Waals surface area contributed by atoms with Crippen LogP contribution in [-0.2, 0) is 0 Å². The van der Waals surface area contributed by atoms with E-state index in [1.807, 2.05) is 0 Å². The fraction of sp³-hybridized carbons (Fsp3) is 1.00. The van der Waals surface area contributed by atoms with Gasteiger partial charge in [-0.05, 0) is 32.5 Å². The van der Waals surface area contributed by atoms with Crippen LogP contribution < -0.4 is 0 Å². The predicted molar refractivity (Wildman–Crippen MR) is 56.7 cm³/mol. The molecule has 2 radical (unpaired) electrons. The van der Waals surface area contributed by atoms with Crippen LogP contribution in [0.5, 0.6) is 0 Å². The van der Waals surface area contributed by atoms with Crippen molar-refractivity contribution in [3.63, 3.8) is 0 Å². The first-order valence-corrected chi connectivity index (χ1v) is 4.60. The quantitative estimate of drug-likeness (QED) is 0.581. The van der Waals surface area contributed by atoms with Crippen LogP contribution in [0.3, 0.4) is 0 Å². The Kier molecular flexibility index (Phi) is 3.83. The molecule has 70 valence electrons. The highest BCUT2D eigenvalue weighted by Crippen LogP contribution is 2.44. The average molecular weight is 167 g/mol. The van der Waals surface area contributed by atoms with Crippen molar-refractivity contribution in [2.45, 2.75) is 39.4 Å². The van der Waals surface area contributed by atoms with Crippen molar-refractivity contribution < 1.29 is 0 Å². The predicted octanol–water partition coefficient (Wildman–Crippen LogP) is 2.33. The highest BCUT2D eigenvalue weighted by atomic mass is 15.0. The van der Waals surface area contributed by atoms with Gasteiger partial charge in [-0.25, -0.2) is 0 Å². The smallest absolute Gasteiger partial charge is 0.0746 e. The summed E-state index contributed by atoms with van der Waals surface area (Å²) >= 11 is 0. The van der Waals surface area contributed by atoms with Crippen molar-refractivity contribution in [3.8, 4) is 0 Å². The van der Waals surface area contributed by atoms with Crippen LogP contribution in [-0.4, -0.2) is 33.4 Å². The maximum absolute atomic E-state index is 6.08. The molecular weight excluding hydrogens is 145 g/mol. The summed E-state index contributed by atoms with van der Waals surface area (Å²) in [6.07, 6.45) is 1.14. The highest BCUT2D eigenvalue weighted by molar-refractivity contribution is 6.15. The maximum atomic E-state index is 6.08. The van der Waals surface area contributed by atoms with Crippen LogP contribution >= 0.6 is 0 Å². The lowest BCUT2D eigenvalue weighted by Gasteiger charge is -2.40. The van der Waals surface area contributed by atoms with Gasteiger partial charge in [0.05, 0.1) is 7.85 Å². The summed E-state index contributed by atoms with van der Waals surface area (Å²) in [6, 6.07) is 0. The standard InChI is InChI=1S/C10H22BN/c1-9(2,10(3,4)11)7-8-12(5)6/h7-8H2,1-6H3. The van der Waals surface area contributed by atoms with E-state index >= 15 is 0 Å². The zero-order valence-corrected chi connectivity index (χ0v) is 9.44. The first kappa shape index (κ1) is 12.0. The molecule has 0 heterocycles. The van der Waals surface area contributed by atoms with Crippen LogP contribution in [0.1, 0.15) is 34.1 Å². The van der Waals surface area contributed by atoms with E-state index < -0.39 is 0 Å². The lowest BCUT2D eigenvalue weighted by Crippen LogP contribution is -2.30. The number of hydrogen-bond donors (Lipinski definition) is 0. The van der Waals surface area contributed by atoms with Crippen molar-refractivity contribution in [1.82, 2.24) is 4.90 Å². The topological polar surface area (TPSA) is 3.24 Å². The summed E-state index contributed by atoms with van der Waals surface area (Å²) < 4.78 is 0. The Morgan fingerprint density at radius 2 is 1.50 bits per heavy atom. The molecule has 0 aromatic carbocycles. The van der Waals surface area contributed by atoms with Crippen LogP contribution in [0, 0.1) is 5.41 Å². The molecule has 0 aromatic rings. The van der Waals surface area contributed by atoms with Gasteiger partial charge in [-0.3, -0.25) is 0 Å². The molecule has 0 aliphatic carbocycles. The second-order valence-corrected chi connectivity index (χ2v) is 5.16. The minimum atomic E-state index is -0.0942. The molecule has 1 nitrogen and oxygen atoms in total. The normalized spacial score (nSPS) is 13.9. The second kappa shape index (κ2) is 3.82. The Balaban J connectivity index is 4.05. The minimum absolute atomic E-state index is 0.0942. The largest absolute Gasteiger partial charge is 0.309 e. The monoisotopic (exact) mass is 167 g/mol. The van der Waals surface area contributed by atoms with E-state index in [0.717, 1.165) is 13.0 Å². The van der Waals surface area contributed by atoms with Gasteiger partial charge in [-0.15, -0.1) is 0 Å². The molecule has 0 saturated heterocycles. The minimum Gasteiger partial charge on any atom is -0.309 e. The molecule has 0 spiro atoms. The van der Waals surface area contributed by atoms with Crippen molar-refractivity contribution in [3.05, 3.63) is 0 Å². The van der Waals surface area contributed by atoms with Crippen molar-refractivity contribution in [1.29, 1.82) is 0 Å². The molecule has 0 rings (SSSR count). The van der Waals surface area contributed by atoms with Gasteiger partial charge in [0.1, 0.15) is 0 Å². The SMILES string of the molecule is [B]C(C)(C)C(C)(C)CCN(C)C. The molecule has 0 fully saturated rings. The van der Waals surface area contributed by atoms with Crippen LogP contribution in [0.15, 0.2) is 0 Å². The molecule has 0 N–H and O–H groups in total. The molecular formula is C10H22BN. The molecule has 12 heavy (non-hydrogen) atoms. The Labute approximate surface area is 78.9 Å². The van der Waals surface area contributed by atoms with E-state index in [9.17, 15) is 0 Å². The number of rotatable bonds is 4. The van der Waals surface area contributed by atoms with Crippen LogP contribution in [0.2, 0.25) is 5.31 Å². The summed E-state index contributed by atoms with van der Waals surface area (Å²) in [5, 5.41) is -0.0942. The Morgan fingerprint density at radius 3 is 1.75 bits per heavy atom. The summed E-state index contributed by atoms with van der Waals surface area (Å²) in [7, 11) is 10.3. The lowest BCUT2D eigenvalue weighted by molar-refractivity contribution is 0.214. The van der Waals surface area contributed by atoms with Gasteiger partial charge in [0, 0.05) is 0 Å². The zero-order chi connectivity index (χ0) is 9.99. The van der Waals surface area contributed by atoms with Crippen molar-refractivity contribution in [2.24, 2.45) is 5.41 Å². The number of nitrogens with zero attached hydrogens (tertiary/aromatic N) is 1. The molecule has 0 atom stereocenters. The molecule has 0 aromatic heterocycles. The number of hydrogen-bond acceptors (Lipinski definition) is 1. The summed E-state index contributed by atoms with van der Waals surface area (Å²) in [6.45, 7) is 9.77. The van der Waals surface area contributed by atoms with Crippen LogP contribution in [0.25, 0.3) is 0 Å². The second-order valence-electron chi connectivity index (χ2n) is 5.16. The van der Waals surface area contributed by atoms with Crippen molar-refractivity contribution in [2.75, 3.05) is 20.6 Å². The summed E-state index contributed by atoms with van der Waals surface area (Å²) in [4.78, 5) is 2.20. The van der Waals surface area contributed by atoms with Gasteiger partial charge in [-0.1, -0.05) is 33.0 Å². The molecule has 0 unspecified atom stereocenters. The lowest BCUT2D eigenvalue weighted by atomic mass is 9.55. The van der Waals surface area contributed by atoms with Gasteiger partial charge in [-0.2, -0.15) is 0 Å². The molecule has 0 saturated carbocycles. The fourth-order valence-electron chi connectivity index (χ4n) is 0.825. The Bertz CT molecular complexity index is 133. The third-order valence-corrected chi connectivity index (χ3v) is 2.93. The molecule has 0 aliphatic rings. The van der Waals surface area contributed by atoms with Gasteiger partial charge in [0.25, 0.3) is 0 Å².